The summed E-state index contributed by atoms with van der Waals surface area (Å²) in [5.41, 5.74) is -0.644. The molecule has 0 aliphatic carbocycles. The SMILES string of the molecule is CC.CC.FC(F)(F)c1ccc(OCC2CCCNC2)cc1. The molecule has 1 aliphatic rings. The molecule has 0 spiro atoms. The highest BCUT2D eigenvalue weighted by atomic mass is 19.4. The number of piperidine rings is 1. The second-order valence-electron chi connectivity index (χ2n) is 4.55. The van der Waals surface area contributed by atoms with Crippen LogP contribution in [0.4, 0.5) is 13.2 Å². The summed E-state index contributed by atoms with van der Waals surface area (Å²) in [7, 11) is 0. The number of alkyl halides is 3. The molecule has 2 rings (SSSR count). The number of nitrogens with one attached hydrogen (secondary N) is 1. The Hall–Kier alpha value is -1.23. The van der Waals surface area contributed by atoms with Gasteiger partial charge in [-0.05, 0) is 43.7 Å². The number of hydrogen-bond acceptors (Lipinski definition) is 2. The molecule has 1 aromatic carbocycles. The second kappa shape index (κ2) is 11.4. The third kappa shape index (κ3) is 7.69. The number of benzene rings is 1. The summed E-state index contributed by atoms with van der Waals surface area (Å²) in [5, 5.41) is 3.27. The van der Waals surface area contributed by atoms with Gasteiger partial charge in [0.05, 0.1) is 12.2 Å². The van der Waals surface area contributed by atoms with Gasteiger partial charge >= 0.3 is 6.18 Å². The van der Waals surface area contributed by atoms with E-state index in [1.165, 1.54) is 12.1 Å². The first-order valence-electron chi connectivity index (χ1n) is 8.06. The summed E-state index contributed by atoms with van der Waals surface area (Å²) in [6, 6.07) is 4.85. The zero-order valence-electron chi connectivity index (χ0n) is 14.0. The molecule has 0 bridgehead atoms. The van der Waals surface area contributed by atoms with Crippen molar-refractivity contribution in [3.05, 3.63) is 29.8 Å². The number of halogens is 3. The number of hydrogen-bond donors (Lipinski definition) is 1. The summed E-state index contributed by atoms with van der Waals surface area (Å²) in [5.74, 6) is 0.939. The van der Waals surface area contributed by atoms with Gasteiger partial charge in [0.25, 0.3) is 0 Å². The fourth-order valence-electron chi connectivity index (χ4n) is 2.02. The van der Waals surface area contributed by atoms with Crippen LogP contribution in [0.1, 0.15) is 46.1 Å². The van der Waals surface area contributed by atoms with Gasteiger partial charge in [0.1, 0.15) is 5.75 Å². The van der Waals surface area contributed by atoms with Crippen LogP contribution < -0.4 is 10.1 Å². The first kappa shape index (κ1) is 20.8. The van der Waals surface area contributed by atoms with Gasteiger partial charge in [0.15, 0.2) is 0 Å². The smallest absolute Gasteiger partial charge is 0.416 e. The van der Waals surface area contributed by atoms with Crippen molar-refractivity contribution in [3.63, 3.8) is 0 Å². The summed E-state index contributed by atoms with van der Waals surface area (Å²) >= 11 is 0. The summed E-state index contributed by atoms with van der Waals surface area (Å²) < 4.78 is 42.5. The van der Waals surface area contributed by atoms with E-state index in [2.05, 4.69) is 5.32 Å². The van der Waals surface area contributed by atoms with E-state index in [9.17, 15) is 13.2 Å². The van der Waals surface area contributed by atoms with Crippen molar-refractivity contribution >= 4 is 0 Å². The van der Waals surface area contributed by atoms with E-state index < -0.39 is 11.7 Å². The Kier molecular flexibility index (Phi) is 10.7. The first-order valence-corrected chi connectivity index (χ1v) is 8.06. The van der Waals surface area contributed by atoms with Crippen molar-refractivity contribution in [2.45, 2.75) is 46.7 Å². The van der Waals surface area contributed by atoms with Crippen molar-refractivity contribution in [1.29, 1.82) is 0 Å². The summed E-state index contributed by atoms with van der Waals surface area (Å²) in [6.07, 6.45) is -2.06. The van der Waals surface area contributed by atoms with Crippen LogP contribution in [-0.4, -0.2) is 19.7 Å². The van der Waals surface area contributed by atoms with Crippen molar-refractivity contribution in [2.75, 3.05) is 19.7 Å². The molecule has 1 N–H and O–H groups in total. The molecule has 2 nitrogen and oxygen atoms in total. The van der Waals surface area contributed by atoms with Crippen molar-refractivity contribution < 1.29 is 17.9 Å². The number of rotatable bonds is 3. The topological polar surface area (TPSA) is 21.3 Å². The molecular weight excluding hydrogens is 291 g/mol. The van der Waals surface area contributed by atoms with Gasteiger partial charge in [-0.2, -0.15) is 13.2 Å². The van der Waals surface area contributed by atoms with Crippen molar-refractivity contribution in [3.8, 4) is 5.75 Å². The molecule has 128 valence electrons. The lowest BCUT2D eigenvalue weighted by molar-refractivity contribution is -0.137. The Morgan fingerprint density at radius 1 is 1.09 bits per heavy atom. The Morgan fingerprint density at radius 2 is 1.68 bits per heavy atom. The van der Waals surface area contributed by atoms with Crippen LogP contribution in [0.15, 0.2) is 24.3 Å². The van der Waals surface area contributed by atoms with E-state index >= 15 is 0 Å². The zero-order valence-corrected chi connectivity index (χ0v) is 14.0. The Morgan fingerprint density at radius 3 is 2.14 bits per heavy atom. The lowest BCUT2D eigenvalue weighted by atomic mass is 10.0. The molecule has 1 saturated heterocycles. The van der Waals surface area contributed by atoms with Gasteiger partial charge in [-0.15, -0.1) is 0 Å². The molecule has 1 aliphatic heterocycles. The average Bonchev–Trinajstić information content (AvgIpc) is 2.57. The van der Waals surface area contributed by atoms with Gasteiger partial charge in [0.2, 0.25) is 0 Å². The van der Waals surface area contributed by atoms with E-state index in [-0.39, 0.29) is 0 Å². The third-order valence-electron chi connectivity index (χ3n) is 3.07. The van der Waals surface area contributed by atoms with Gasteiger partial charge in [0, 0.05) is 12.5 Å². The normalized spacial score (nSPS) is 17.5. The predicted octanol–water partition coefficient (Wildman–Crippen LogP) is 5.14. The molecule has 5 heteroatoms. The van der Waals surface area contributed by atoms with Crippen LogP contribution in [0.3, 0.4) is 0 Å². The lowest BCUT2D eigenvalue weighted by Crippen LogP contribution is -2.33. The van der Waals surface area contributed by atoms with Gasteiger partial charge in [-0.25, -0.2) is 0 Å². The van der Waals surface area contributed by atoms with Gasteiger partial charge in [-0.1, -0.05) is 27.7 Å². The van der Waals surface area contributed by atoms with Gasteiger partial charge < -0.3 is 10.1 Å². The van der Waals surface area contributed by atoms with Crippen LogP contribution in [0.5, 0.6) is 5.75 Å². The quantitative estimate of drug-likeness (QED) is 0.833. The maximum absolute atomic E-state index is 12.3. The molecule has 0 radical (unpaired) electrons. The van der Waals surface area contributed by atoms with E-state index in [0.29, 0.717) is 18.3 Å². The van der Waals surface area contributed by atoms with Gasteiger partial charge in [-0.3, -0.25) is 0 Å². The van der Waals surface area contributed by atoms with E-state index in [0.717, 1.165) is 38.1 Å². The van der Waals surface area contributed by atoms with Crippen LogP contribution in [-0.2, 0) is 6.18 Å². The average molecular weight is 319 g/mol. The summed E-state index contributed by atoms with van der Waals surface area (Å²) in [4.78, 5) is 0. The van der Waals surface area contributed by atoms with Crippen LogP contribution in [0, 0.1) is 5.92 Å². The minimum absolute atomic E-state index is 0.445. The molecular formula is C17H28F3NO. The third-order valence-corrected chi connectivity index (χ3v) is 3.07. The molecule has 1 unspecified atom stereocenters. The van der Waals surface area contributed by atoms with Crippen LogP contribution >= 0.6 is 0 Å². The van der Waals surface area contributed by atoms with E-state index in [4.69, 9.17) is 4.74 Å². The first-order chi connectivity index (χ1) is 10.6. The van der Waals surface area contributed by atoms with Crippen LogP contribution in [0.2, 0.25) is 0 Å². The second-order valence-corrected chi connectivity index (χ2v) is 4.55. The van der Waals surface area contributed by atoms with Crippen LogP contribution in [0.25, 0.3) is 0 Å². The molecule has 0 aromatic heterocycles. The van der Waals surface area contributed by atoms with E-state index in [1.54, 1.807) is 0 Å². The molecule has 0 amide bonds. The lowest BCUT2D eigenvalue weighted by Gasteiger charge is -2.22. The Labute approximate surface area is 132 Å². The molecule has 22 heavy (non-hydrogen) atoms. The maximum Gasteiger partial charge on any atom is 0.416 e. The van der Waals surface area contributed by atoms with Crippen molar-refractivity contribution in [2.24, 2.45) is 5.92 Å². The highest BCUT2D eigenvalue weighted by Crippen LogP contribution is 2.30. The molecule has 1 atom stereocenters. The van der Waals surface area contributed by atoms with E-state index in [1.807, 2.05) is 27.7 Å². The molecule has 0 saturated carbocycles. The zero-order chi connectivity index (χ0) is 17.0. The molecule has 1 heterocycles. The fraction of sp³-hybridized carbons (Fsp3) is 0.647. The monoisotopic (exact) mass is 319 g/mol. The maximum atomic E-state index is 12.3. The van der Waals surface area contributed by atoms with Crippen molar-refractivity contribution in [1.82, 2.24) is 5.32 Å². The minimum atomic E-state index is -4.29. The Balaban J connectivity index is 0.00000102. The highest BCUT2D eigenvalue weighted by Gasteiger charge is 2.30. The number of ether oxygens (including phenoxy) is 1. The Bertz CT molecular complexity index is 370. The summed E-state index contributed by atoms with van der Waals surface area (Å²) in [6.45, 7) is 10.5. The largest absolute Gasteiger partial charge is 0.493 e. The fourth-order valence-corrected chi connectivity index (χ4v) is 2.02. The molecule has 1 fully saturated rings. The predicted molar refractivity (Wildman–Crippen MR) is 85.2 cm³/mol. The highest BCUT2D eigenvalue weighted by molar-refractivity contribution is 5.28. The standard InChI is InChI=1S/C13H16F3NO.2C2H6/c14-13(15,16)11-3-5-12(6-4-11)18-9-10-2-1-7-17-8-10;2*1-2/h3-6,10,17H,1-2,7-9H2;2*1-2H3. The molecule has 1 aromatic rings. The minimum Gasteiger partial charge on any atom is -0.493 e.